The smallest absolute Gasteiger partial charge is 0.327 e. The average Bonchev–Trinajstić information content (AvgIpc) is 2.14. The van der Waals surface area contributed by atoms with Crippen LogP contribution in [-0.2, 0) is 4.79 Å². The van der Waals surface area contributed by atoms with Crippen molar-refractivity contribution in [2.75, 3.05) is 6.61 Å². The summed E-state index contributed by atoms with van der Waals surface area (Å²) >= 11 is 0. The minimum absolute atomic E-state index is 0.365. The van der Waals surface area contributed by atoms with Gasteiger partial charge in [-0.3, -0.25) is 0 Å². The average molecular weight is 188 g/mol. The van der Waals surface area contributed by atoms with Crippen molar-refractivity contribution in [1.82, 2.24) is 0 Å². The van der Waals surface area contributed by atoms with Crippen LogP contribution in [0.4, 0.5) is 0 Å². The van der Waals surface area contributed by atoms with Crippen molar-refractivity contribution in [3.63, 3.8) is 0 Å². The van der Waals surface area contributed by atoms with E-state index in [0.717, 1.165) is 12.5 Å². The van der Waals surface area contributed by atoms with E-state index in [9.17, 15) is 4.79 Å². The maximum atomic E-state index is 9.25. The van der Waals surface area contributed by atoms with Crippen molar-refractivity contribution in [2.45, 2.75) is 39.0 Å². The quantitative estimate of drug-likeness (QED) is 0.496. The lowest BCUT2D eigenvalue weighted by molar-refractivity contribution is -0.131. The summed E-state index contributed by atoms with van der Waals surface area (Å²) in [6, 6.07) is 0. The Morgan fingerprint density at radius 3 is 2.08 bits per heavy atom. The molecule has 0 spiro atoms. The second kappa shape index (κ2) is 13.7. The third kappa shape index (κ3) is 24.7. The van der Waals surface area contributed by atoms with E-state index in [1.165, 1.54) is 25.7 Å². The molecule has 3 nitrogen and oxygen atoms in total. The first-order valence-electron chi connectivity index (χ1n) is 4.65. The van der Waals surface area contributed by atoms with E-state index in [1.807, 2.05) is 0 Å². The van der Waals surface area contributed by atoms with E-state index in [0.29, 0.717) is 6.61 Å². The highest BCUT2D eigenvalue weighted by atomic mass is 16.4. The van der Waals surface area contributed by atoms with Gasteiger partial charge in [-0.05, 0) is 6.42 Å². The lowest BCUT2D eigenvalue weighted by atomic mass is 10.2. The van der Waals surface area contributed by atoms with E-state index in [2.05, 4.69) is 13.5 Å². The van der Waals surface area contributed by atoms with Gasteiger partial charge in [-0.2, -0.15) is 0 Å². The molecule has 0 unspecified atom stereocenters. The van der Waals surface area contributed by atoms with Gasteiger partial charge in [0.25, 0.3) is 0 Å². The molecule has 0 heterocycles. The highest BCUT2D eigenvalue weighted by Crippen LogP contribution is 2.00. The number of carbonyl (C=O) groups is 1. The molecule has 0 amide bonds. The summed E-state index contributed by atoms with van der Waals surface area (Å²) in [6.45, 7) is 5.52. The van der Waals surface area contributed by atoms with Gasteiger partial charge in [-0.1, -0.05) is 39.2 Å². The predicted molar refractivity (Wildman–Crippen MR) is 53.7 cm³/mol. The van der Waals surface area contributed by atoms with E-state index >= 15 is 0 Å². The maximum Gasteiger partial charge on any atom is 0.327 e. The molecule has 0 fully saturated rings. The first-order chi connectivity index (χ1) is 6.18. The lowest BCUT2D eigenvalue weighted by Crippen LogP contribution is -1.82. The fourth-order valence-corrected chi connectivity index (χ4v) is 0.715. The summed E-state index contributed by atoms with van der Waals surface area (Å²) in [6.07, 6.45) is 6.91. The van der Waals surface area contributed by atoms with Crippen molar-refractivity contribution in [3.05, 3.63) is 12.7 Å². The Hall–Kier alpha value is -0.830. The number of carboxylic acid groups (broad SMARTS) is 1. The number of rotatable bonds is 6. The fourth-order valence-electron chi connectivity index (χ4n) is 0.715. The van der Waals surface area contributed by atoms with E-state index in [4.69, 9.17) is 10.2 Å². The van der Waals surface area contributed by atoms with Gasteiger partial charge < -0.3 is 10.2 Å². The SMILES string of the molecule is C=CC(=O)O.CCCCCCCO. The van der Waals surface area contributed by atoms with Gasteiger partial charge in [0, 0.05) is 12.7 Å². The third-order valence-corrected chi connectivity index (χ3v) is 1.44. The molecule has 13 heavy (non-hydrogen) atoms. The monoisotopic (exact) mass is 188 g/mol. The standard InChI is InChI=1S/C7H16O.C3H4O2/c1-2-3-4-5-6-7-8;1-2-3(4)5/h8H,2-7H2,1H3;2H,1H2,(H,4,5). The molecule has 0 saturated heterocycles. The minimum Gasteiger partial charge on any atom is -0.478 e. The van der Waals surface area contributed by atoms with Gasteiger partial charge >= 0.3 is 5.97 Å². The highest BCUT2D eigenvalue weighted by molar-refractivity contribution is 5.78. The number of aliphatic carboxylic acids is 1. The zero-order valence-electron chi connectivity index (χ0n) is 8.33. The fraction of sp³-hybridized carbons (Fsp3) is 0.700. The Kier molecular flexibility index (Phi) is 15.5. The summed E-state index contributed by atoms with van der Waals surface area (Å²) in [5, 5.41) is 16.0. The molecule has 0 rings (SSSR count). The molecular formula is C10H20O3. The zero-order valence-corrected chi connectivity index (χ0v) is 8.33. The molecule has 0 aliphatic rings. The summed E-state index contributed by atoms with van der Waals surface area (Å²) in [7, 11) is 0. The van der Waals surface area contributed by atoms with Gasteiger partial charge in [-0.25, -0.2) is 4.79 Å². The van der Waals surface area contributed by atoms with E-state index in [-0.39, 0.29) is 0 Å². The molecule has 0 aliphatic heterocycles. The molecule has 0 aromatic rings. The number of aliphatic hydroxyl groups excluding tert-OH is 1. The zero-order chi connectivity index (χ0) is 10.5. The molecule has 0 atom stereocenters. The Labute approximate surface area is 80.1 Å². The number of carboxylic acids is 1. The predicted octanol–water partition coefficient (Wildman–Crippen LogP) is 2.21. The third-order valence-electron chi connectivity index (χ3n) is 1.44. The first-order valence-corrected chi connectivity index (χ1v) is 4.65. The van der Waals surface area contributed by atoms with Crippen molar-refractivity contribution in [2.24, 2.45) is 0 Å². The summed E-state index contributed by atoms with van der Waals surface area (Å²) in [5.74, 6) is -0.981. The van der Waals surface area contributed by atoms with Gasteiger partial charge in [0.05, 0.1) is 0 Å². The topological polar surface area (TPSA) is 57.5 Å². The molecule has 2 N–H and O–H groups in total. The van der Waals surface area contributed by atoms with Crippen LogP contribution in [0, 0.1) is 0 Å². The van der Waals surface area contributed by atoms with Gasteiger partial charge in [0.15, 0.2) is 0 Å². The largest absolute Gasteiger partial charge is 0.478 e. The van der Waals surface area contributed by atoms with Crippen molar-refractivity contribution in [3.8, 4) is 0 Å². The van der Waals surface area contributed by atoms with Gasteiger partial charge in [-0.15, -0.1) is 0 Å². The summed E-state index contributed by atoms with van der Waals surface area (Å²) < 4.78 is 0. The van der Waals surface area contributed by atoms with Crippen molar-refractivity contribution in [1.29, 1.82) is 0 Å². The van der Waals surface area contributed by atoms with Crippen LogP contribution >= 0.6 is 0 Å². The molecule has 78 valence electrons. The Morgan fingerprint density at radius 1 is 1.31 bits per heavy atom. The van der Waals surface area contributed by atoms with Crippen LogP contribution < -0.4 is 0 Å². The van der Waals surface area contributed by atoms with Crippen LogP contribution in [0.2, 0.25) is 0 Å². The molecule has 0 bridgehead atoms. The van der Waals surface area contributed by atoms with Crippen molar-refractivity contribution < 1.29 is 15.0 Å². The second-order valence-corrected chi connectivity index (χ2v) is 2.68. The summed E-state index contributed by atoms with van der Waals surface area (Å²) in [5.41, 5.74) is 0. The van der Waals surface area contributed by atoms with E-state index in [1.54, 1.807) is 0 Å². The van der Waals surface area contributed by atoms with Crippen LogP contribution in [0.1, 0.15) is 39.0 Å². The number of aliphatic hydroxyl groups is 1. The lowest BCUT2D eigenvalue weighted by Gasteiger charge is -1.93. The first kappa shape index (κ1) is 14.7. The summed E-state index contributed by atoms with van der Waals surface area (Å²) in [4.78, 5) is 9.25. The molecule has 0 aliphatic carbocycles. The number of hydrogen-bond acceptors (Lipinski definition) is 2. The molecule has 0 saturated carbocycles. The Balaban J connectivity index is 0. The molecule has 0 aromatic carbocycles. The molecular weight excluding hydrogens is 168 g/mol. The van der Waals surface area contributed by atoms with Crippen LogP contribution in [0.3, 0.4) is 0 Å². The van der Waals surface area contributed by atoms with E-state index < -0.39 is 5.97 Å². The number of unbranched alkanes of at least 4 members (excludes halogenated alkanes) is 4. The molecule has 0 radical (unpaired) electrons. The van der Waals surface area contributed by atoms with Crippen LogP contribution in [-0.4, -0.2) is 22.8 Å². The maximum absolute atomic E-state index is 9.25. The molecule has 0 aromatic heterocycles. The van der Waals surface area contributed by atoms with Gasteiger partial charge in [0.2, 0.25) is 0 Å². The minimum atomic E-state index is -0.981. The van der Waals surface area contributed by atoms with Crippen molar-refractivity contribution >= 4 is 5.97 Å². The van der Waals surface area contributed by atoms with Crippen LogP contribution in [0.5, 0.6) is 0 Å². The Morgan fingerprint density at radius 2 is 1.77 bits per heavy atom. The molecule has 3 heteroatoms. The van der Waals surface area contributed by atoms with Crippen LogP contribution in [0.25, 0.3) is 0 Å². The normalized spacial score (nSPS) is 8.46. The van der Waals surface area contributed by atoms with Crippen LogP contribution in [0.15, 0.2) is 12.7 Å². The Bertz CT molecular complexity index is 115. The van der Waals surface area contributed by atoms with Gasteiger partial charge in [0.1, 0.15) is 0 Å². The highest BCUT2D eigenvalue weighted by Gasteiger charge is 1.84. The number of hydrogen-bond donors (Lipinski definition) is 2. The second-order valence-electron chi connectivity index (χ2n) is 2.68.